The molecule has 0 radical (unpaired) electrons. The zero-order valence-corrected chi connectivity index (χ0v) is 14.7. The van der Waals surface area contributed by atoms with Crippen molar-refractivity contribution in [1.82, 2.24) is 0 Å². The molecule has 3 aromatic carbocycles. The molecule has 0 saturated heterocycles. The number of rotatable bonds is 8. The summed E-state index contributed by atoms with van der Waals surface area (Å²) < 4.78 is 11.0. The second kappa shape index (κ2) is 9.20. The van der Waals surface area contributed by atoms with Gasteiger partial charge in [-0.2, -0.15) is 0 Å². The molecule has 0 bridgehead atoms. The zero-order valence-electron chi connectivity index (χ0n) is 14.7. The van der Waals surface area contributed by atoms with Crippen molar-refractivity contribution < 1.29 is 14.3 Å². The van der Waals surface area contributed by atoms with Crippen LogP contribution in [0.4, 0.5) is 5.69 Å². The van der Waals surface area contributed by atoms with E-state index in [9.17, 15) is 4.79 Å². The highest BCUT2D eigenvalue weighted by molar-refractivity contribution is 5.82. The Kier molecular flexibility index (Phi) is 6.20. The Hall–Kier alpha value is -3.60. The predicted octanol–water partition coefficient (Wildman–Crippen LogP) is 3.88. The molecule has 0 saturated carbocycles. The minimum atomic E-state index is -0.503. The maximum absolute atomic E-state index is 10.7. The molecule has 0 fully saturated rings. The monoisotopic (exact) mass is 360 g/mol. The fraction of sp³-hybridized carbons (Fsp3) is 0.0909. The molecule has 1 amide bonds. The quantitative estimate of drug-likeness (QED) is 0.620. The van der Waals surface area contributed by atoms with Crippen LogP contribution in [0.2, 0.25) is 0 Å². The fourth-order valence-electron chi connectivity index (χ4n) is 2.32. The highest BCUT2D eigenvalue weighted by Crippen LogP contribution is 2.19. The number of benzene rings is 3. The molecular formula is C22H20N2O3. The molecule has 5 heteroatoms. The molecule has 0 heterocycles. The molecule has 3 aromatic rings. The lowest BCUT2D eigenvalue weighted by Crippen LogP contribution is -2.19. The molecule has 0 aliphatic carbocycles. The van der Waals surface area contributed by atoms with E-state index in [0.717, 1.165) is 22.6 Å². The summed E-state index contributed by atoms with van der Waals surface area (Å²) in [5.74, 6) is 0.886. The molecule has 27 heavy (non-hydrogen) atoms. The number of nitrogens with two attached hydrogens (primary N) is 1. The average Bonchev–Trinajstić information content (AvgIpc) is 2.71. The fourth-order valence-corrected chi connectivity index (χ4v) is 2.32. The lowest BCUT2D eigenvalue weighted by Gasteiger charge is -2.06. The summed E-state index contributed by atoms with van der Waals surface area (Å²) in [5.41, 5.74) is 7.93. The van der Waals surface area contributed by atoms with E-state index in [1.165, 1.54) is 0 Å². The highest BCUT2D eigenvalue weighted by atomic mass is 16.5. The van der Waals surface area contributed by atoms with Crippen molar-refractivity contribution in [2.75, 3.05) is 6.61 Å². The van der Waals surface area contributed by atoms with Gasteiger partial charge < -0.3 is 15.2 Å². The van der Waals surface area contributed by atoms with Crippen LogP contribution >= 0.6 is 0 Å². The second-order valence-electron chi connectivity index (χ2n) is 5.85. The van der Waals surface area contributed by atoms with Gasteiger partial charge in [-0.3, -0.25) is 9.79 Å². The summed E-state index contributed by atoms with van der Waals surface area (Å²) in [4.78, 5) is 15.1. The zero-order chi connectivity index (χ0) is 18.9. The topological polar surface area (TPSA) is 73.9 Å². The lowest BCUT2D eigenvalue weighted by atomic mass is 10.2. The van der Waals surface area contributed by atoms with Gasteiger partial charge in [0.25, 0.3) is 5.91 Å². The average molecular weight is 360 g/mol. The smallest absolute Gasteiger partial charge is 0.255 e. The van der Waals surface area contributed by atoms with Gasteiger partial charge >= 0.3 is 0 Å². The third-order valence-electron chi connectivity index (χ3n) is 3.71. The van der Waals surface area contributed by atoms with E-state index in [2.05, 4.69) is 4.99 Å². The Morgan fingerprint density at radius 1 is 0.852 bits per heavy atom. The van der Waals surface area contributed by atoms with Gasteiger partial charge in [0.2, 0.25) is 0 Å². The maximum Gasteiger partial charge on any atom is 0.255 e. The van der Waals surface area contributed by atoms with Crippen LogP contribution in [0, 0.1) is 0 Å². The Bertz CT molecular complexity index is 889. The molecule has 0 atom stereocenters. The number of primary amides is 1. The standard InChI is InChI=1S/C22H20N2O3/c23-22(25)16-27-20-10-6-17(7-11-20)14-24-19-8-12-21(13-9-19)26-15-18-4-2-1-3-5-18/h1-14H,15-16H2,(H2,23,25). The van der Waals surface area contributed by atoms with Gasteiger partial charge in [0.15, 0.2) is 6.61 Å². The molecular weight excluding hydrogens is 340 g/mol. The Morgan fingerprint density at radius 3 is 2.15 bits per heavy atom. The Balaban J connectivity index is 1.53. The number of nitrogens with zero attached hydrogens (tertiary/aromatic N) is 1. The summed E-state index contributed by atoms with van der Waals surface area (Å²) in [6.07, 6.45) is 1.76. The summed E-state index contributed by atoms with van der Waals surface area (Å²) in [6, 6.07) is 24.9. The van der Waals surface area contributed by atoms with Crippen molar-refractivity contribution in [2.24, 2.45) is 10.7 Å². The van der Waals surface area contributed by atoms with E-state index in [0.29, 0.717) is 12.4 Å². The van der Waals surface area contributed by atoms with Gasteiger partial charge in [-0.1, -0.05) is 30.3 Å². The highest BCUT2D eigenvalue weighted by Gasteiger charge is 1.98. The minimum absolute atomic E-state index is 0.133. The Morgan fingerprint density at radius 2 is 1.48 bits per heavy atom. The summed E-state index contributed by atoms with van der Waals surface area (Å²) in [5, 5.41) is 0. The van der Waals surface area contributed by atoms with Gasteiger partial charge in [-0.25, -0.2) is 0 Å². The van der Waals surface area contributed by atoms with Crippen molar-refractivity contribution in [1.29, 1.82) is 0 Å². The van der Waals surface area contributed by atoms with Gasteiger partial charge in [-0.05, 0) is 59.7 Å². The van der Waals surface area contributed by atoms with Crippen LogP contribution in [0.25, 0.3) is 0 Å². The van der Waals surface area contributed by atoms with Crippen molar-refractivity contribution in [2.45, 2.75) is 6.61 Å². The van der Waals surface area contributed by atoms with Crippen LogP contribution in [-0.2, 0) is 11.4 Å². The molecule has 5 nitrogen and oxygen atoms in total. The van der Waals surface area contributed by atoms with Crippen LogP contribution < -0.4 is 15.2 Å². The number of hydrogen-bond acceptors (Lipinski definition) is 4. The number of hydrogen-bond donors (Lipinski definition) is 1. The first kappa shape index (κ1) is 18.2. The molecule has 0 aliphatic rings. The van der Waals surface area contributed by atoms with E-state index in [4.69, 9.17) is 15.2 Å². The van der Waals surface area contributed by atoms with E-state index < -0.39 is 5.91 Å². The van der Waals surface area contributed by atoms with Crippen molar-refractivity contribution in [3.63, 3.8) is 0 Å². The van der Waals surface area contributed by atoms with Crippen molar-refractivity contribution in [3.05, 3.63) is 90.0 Å². The van der Waals surface area contributed by atoms with E-state index in [1.807, 2.05) is 66.7 Å². The first-order chi connectivity index (χ1) is 13.2. The molecule has 2 N–H and O–H groups in total. The summed E-state index contributed by atoms with van der Waals surface area (Å²) in [7, 11) is 0. The van der Waals surface area contributed by atoms with Crippen LogP contribution in [0.1, 0.15) is 11.1 Å². The van der Waals surface area contributed by atoms with Crippen molar-refractivity contribution in [3.8, 4) is 11.5 Å². The number of carbonyl (C=O) groups is 1. The molecule has 0 aromatic heterocycles. The molecule has 3 rings (SSSR count). The number of amides is 1. The Labute approximate surface area is 158 Å². The third kappa shape index (κ3) is 6.01. The van der Waals surface area contributed by atoms with Gasteiger partial charge in [0.1, 0.15) is 18.1 Å². The van der Waals surface area contributed by atoms with E-state index in [-0.39, 0.29) is 6.61 Å². The first-order valence-corrected chi connectivity index (χ1v) is 8.51. The van der Waals surface area contributed by atoms with Gasteiger partial charge in [0.05, 0.1) is 5.69 Å². The molecule has 0 spiro atoms. The second-order valence-corrected chi connectivity index (χ2v) is 5.85. The van der Waals surface area contributed by atoms with Crippen molar-refractivity contribution >= 4 is 17.8 Å². The predicted molar refractivity (Wildman–Crippen MR) is 106 cm³/mol. The third-order valence-corrected chi connectivity index (χ3v) is 3.71. The molecule has 0 aliphatic heterocycles. The minimum Gasteiger partial charge on any atom is -0.489 e. The molecule has 0 unspecified atom stereocenters. The molecule has 136 valence electrons. The lowest BCUT2D eigenvalue weighted by molar-refractivity contribution is -0.119. The SMILES string of the molecule is NC(=O)COc1ccc(C=Nc2ccc(OCc3ccccc3)cc2)cc1. The first-order valence-electron chi connectivity index (χ1n) is 8.51. The summed E-state index contributed by atoms with van der Waals surface area (Å²) >= 11 is 0. The number of carbonyl (C=O) groups excluding carboxylic acids is 1. The number of aliphatic imine (C=N–C) groups is 1. The van der Waals surface area contributed by atoms with Crippen LogP contribution in [0.5, 0.6) is 11.5 Å². The number of ether oxygens (including phenoxy) is 2. The van der Waals surface area contributed by atoms with E-state index >= 15 is 0 Å². The largest absolute Gasteiger partial charge is 0.489 e. The summed E-state index contributed by atoms with van der Waals surface area (Å²) in [6.45, 7) is 0.403. The van der Waals surface area contributed by atoms with Gasteiger partial charge in [0, 0.05) is 6.21 Å². The normalized spacial score (nSPS) is 10.7. The van der Waals surface area contributed by atoms with E-state index in [1.54, 1.807) is 18.3 Å². The van der Waals surface area contributed by atoms with Crippen LogP contribution in [-0.4, -0.2) is 18.7 Å². The van der Waals surface area contributed by atoms with Gasteiger partial charge in [-0.15, -0.1) is 0 Å². The van der Waals surface area contributed by atoms with Crippen LogP contribution in [0.15, 0.2) is 83.9 Å². The van der Waals surface area contributed by atoms with Crippen LogP contribution in [0.3, 0.4) is 0 Å². The maximum atomic E-state index is 10.7.